The summed E-state index contributed by atoms with van der Waals surface area (Å²) in [5.74, 6) is 1.27. The van der Waals surface area contributed by atoms with E-state index in [4.69, 9.17) is 19.2 Å². The van der Waals surface area contributed by atoms with Crippen LogP contribution < -0.4 is 0 Å². The Bertz CT molecular complexity index is 466. The number of hydrogen-bond donors (Lipinski definition) is 0. The molecule has 5 fully saturated rings. The maximum absolute atomic E-state index is 6.40. The van der Waals surface area contributed by atoms with Crippen molar-refractivity contribution in [3.05, 3.63) is 12.7 Å². The molecule has 0 N–H and O–H groups in total. The predicted octanol–water partition coefficient (Wildman–Crippen LogP) is 3.81. The fraction of sp³-hybridized carbons (Fsp3) is 0.889. The Labute approximate surface area is 133 Å². The summed E-state index contributed by atoms with van der Waals surface area (Å²) in [6.45, 7) is 10.5. The molecule has 0 unspecified atom stereocenters. The average molecular weight is 308 g/mol. The Hall–Kier alpha value is -0.420. The Morgan fingerprint density at radius 3 is 2.73 bits per heavy atom. The first kappa shape index (κ1) is 15.1. The Kier molecular flexibility index (Phi) is 3.46. The van der Waals surface area contributed by atoms with Gasteiger partial charge in [-0.25, -0.2) is 9.78 Å². The van der Waals surface area contributed by atoms with Gasteiger partial charge in [0.1, 0.15) is 0 Å². The summed E-state index contributed by atoms with van der Waals surface area (Å²) in [4.78, 5) is 11.9. The minimum Gasteiger partial charge on any atom is -0.346 e. The summed E-state index contributed by atoms with van der Waals surface area (Å²) in [6.07, 6.45) is 7.06. The summed E-state index contributed by atoms with van der Waals surface area (Å²) in [5.41, 5.74) is -0.426. The molecule has 4 saturated heterocycles. The fourth-order valence-corrected chi connectivity index (χ4v) is 5.41. The second-order valence-electron chi connectivity index (χ2n) is 7.97. The van der Waals surface area contributed by atoms with Gasteiger partial charge in [0.15, 0.2) is 11.9 Å². The molecule has 5 aliphatic rings. The molecule has 4 aliphatic heterocycles. The smallest absolute Gasteiger partial charge is 0.201 e. The van der Waals surface area contributed by atoms with Crippen molar-refractivity contribution in [3.8, 4) is 0 Å². The molecule has 0 aromatic heterocycles. The van der Waals surface area contributed by atoms with Crippen LogP contribution in [0.5, 0.6) is 0 Å². The van der Waals surface area contributed by atoms with Gasteiger partial charge in [-0.2, -0.15) is 0 Å². The van der Waals surface area contributed by atoms with E-state index in [0.29, 0.717) is 23.7 Å². The maximum atomic E-state index is 6.40. The summed E-state index contributed by atoms with van der Waals surface area (Å²) in [7, 11) is 0. The van der Waals surface area contributed by atoms with Crippen molar-refractivity contribution < 1.29 is 19.2 Å². The lowest BCUT2D eigenvalue weighted by molar-refractivity contribution is -0.571. The molecule has 4 heterocycles. The predicted molar refractivity (Wildman–Crippen MR) is 81.6 cm³/mol. The number of rotatable bonds is 2. The van der Waals surface area contributed by atoms with E-state index in [9.17, 15) is 0 Å². The normalized spacial score (nSPS) is 57.0. The molecule has 0 radical (unpaired) electrons. The zero-order valence-corrected chi connectivity index (χ0v) is 13.9. The lowest BCUT2D eigenvalue weighted by Crippen LogP contribution is -2.70. The van der Waals surface area contributed by atoms with Crippen molar-refractivity contribution in [2.24, 2.45) is 23.7 Å². The van der Waals surface area contributed by atoms with Gasteiger partial charge in [0, 0.05) is 12.3 Å². The largest absolute Gasteiger partial charge is 0.346 e. The molecule has 4 nitrogen and oxygen atoms in total. The summed E-state index contributed by atoms with van der Waals surface area (Å²) in [6, 6.07) is 0. The van der Waals surface area contributed by atoms with Gasteiger partial charge >= 0.3 is 0 Å². The topological polar surface area (TPSA) is 36.9 Å². The highest BCUT2D eigenvalue weighted by Crippen LogP contribution is 2.60. The van der Waals surface area contributed by atoms with Gasteiger partial charge in [-0.1, -0.05) is 19.9 Å². The molecule has 1 saturated carbocycles. The highest BCUT2D eigenvalue weighted by Gasteiger charge is 2.69. The molecule has 0 aromatic rings. The first-order valence-electron chi connectivity index (χ1n) is 8.81. The van der Waals surface area contributed by atoms with E-state index >= 15 is 0 Å². The van der Waals surface area contributed by atoms with Crippen molar-refractivity contribution in [2.45, 2.75) is 76.7 Å². The number of fused-ring (bicyclic) bond motifs is 2. The van der Waals surface area contributed by atoms with Crippen LogP contribution in [0.1, 0.15) is 52.9 Å². The van der Waals surface area contributed by atoms with Crippen LogP contribution >= 0.6 is 0 Å². The third kappa shape index (κ3) is 1.90. The lowest BCUT2D eigenvalue weighted by Gasteiger charge is -2.60. The van der Waals surface area contributed by atoms with Gasteiger partial charge in [0.25, 0.3) is 0 Å². The van der Waals surface area contributed by atoms with Crippen LogP contribution in [0.4, 0.5) is 0 Å². The van der Waals surface area contributed by atoms with Gasteiger partial charge in [-0.15, -0.1) is 6.58 Å². The number of hydrogen-bond acceptors (Lipinski definition) is 4. The summed E-state index contributed by atoms with van der Waals surface area (Å²) in [5, 5.41) is 0. The Balaban J connectivity index is 1.77. The highest BCUT2D eigenvalue weighted by atomic mass is 17.3. The van der Waals surface area contributed by atoms with E-state index < -0.39 is 11.4 Å². The van der Waals surface area contributed by atoms with Crippen LogP contribution in [0, 0.1) is 23.7 Å². The first-order chi connectivity index (χ1) is 10.5. The number of ether oxygens (including phenoxy) is 2. The van der Waals surface area contributed by atoms with E-state index in [1.165, 1.54) is 6.42 Å². The van der Waals surface area contributed by atoms with Gasteiger partial charge in [-0.3, -0.25) is 0 Å². The minimum atomic E-state index is -0.670. The quantitative estimate of drug-likeness (QED) is 0.574. The first-order valence-corrected chi connectivity index (χ1v) is 8.81. The van der Waals surface area contributed by atoms with E-state index in [1.54, 1.807) is 0 Å². The van der Waals surface area contributed by atoms with Crippen molar-refractivity contribution in [1.29, 1.82) is 0 Å². The average Bonchev–Trinajstić information content (AvgIpc) is 2.71. The molecule has 0 amide bonds. The third-order valence-electron chi connectivity index (χ3n) is 6.69. The minimum absolute atomic E-state index is 0.165. The van der Waals surface area contributed by atoms with Gasteiger partial charge < -0.3 is 9.47 Å². The molecule has 22 heavy (non-hydrogen) atoms. The monoisotopic (exact) mass is 308 g/mol. The third-order valence-corrected chi connectivity index (χ3v) is 6.69. The molecule has 5 rings (SSSR count). The fourth-order valence-electron chi connectivity index (χ4n) is 5.41. The summed E-state index contributed by atoms with van der Waals surface area (Å²) < 4.78 is 12.7. The molecule has 4 heteroatoms. The molecule has 0 aromatic carbocycles. The standard InChI is InChI=1S/C18H28O4/c1-5-6-15-12(3)14-8-7-11(2)13-9-10-17(4)20-16(19-15)18(13,14)22-21-17/h5,11-16H,1,6-10H2,2-4H3/t11-,12-,13+,14+,15-,16-,17+,18-/m1/s1. The second kappa shape index (κ2) is 5.04. The van der Waals surface area contributed by atoms with E-state index in [2.05, 4.69) is 20.4 Å². The van der Waals surface area contributed by atoms with Gasteiger partial charge in [-0.05, 0) is 50.4 Å². The van der Waals surface area contributed by atoms with Crippen molar-refractivity contribution in [3.63, 3.8) is 0 Å². The van der Waals surface area contributed by atoms with Crippen LogP contribution in [-0.4, -0.2) is 23.8 Å². The molecule has 124 valence electrons. The molecule has 8 atom stereocenters. The van der Waals surface area contributed by atoms with Gasteiger partial charge in [0.2, 0.25) is 5.79 Å². The van der Waals surface area contributed by atoms with Crippen LogP contribution in [0.15, 0.2) is 12.7 Å². The highest BCUT2D eigenvalue weighted by molar-refractivity contribution is 5.10. The summed E-state index contributed by atoms with van der Waals surface area (Å²) >= 11 is 0. The van der Waals surface area contributed by atoms with Crippen molar-refractivity contribution in [1.82, 2.24) is 0 Å². The molecular weight excluding hydrogens is 280 g/mol. The van der Waals surface area contributed by atoms with E-state index in [0.717, 1.165) is 25.7 Å². The van der Waals surface area contributed by atoms with E-state index in [-0.39, 0.29) is 12.4 Å². The molecular formula is C18H28O4. The van der Waals surface area contributed by atoms with Crippen LogP contribution in [0.2, 0.25) is 0 Å². The zero-order valence-electron chi connectivity index (χ0n) is 13.9. The van der Waals surface area contributed by atoms with Crippen LogP contribution in [0.3, 0.4) is 0 Å². The van der Waals surface area contributed by atoms with Crippen molar-refractivity contribution >= 4 is 0 Å². The lowest BCUT2D eigenvalue weighted by atomic mass is 9.57. The van der Waals surface area contributed by atoms with Gasteiger partial charge in [0.05, 0.1) is 6.10 Å². The maximum Gasteiger partial charge on any atom is 0.201 e. The van der Waals surface area contributed by atoms with Crippen LogP contribution in [0.25, 0.3) is 0 Å². The zero-order chi connectivity index (χ0) is 15.5. The Morgan fingerprint density at radius 1 is 1.14 bits per heavy atom. The molecule has 1 aliphatic carbocycles. The Morgan fingerprint density at radius 2 is 1.95 bits per heavy atom. The van der Waals surface area contributed by atoms with E-state index in [1.807, 2.05) is 13.0 Å². The molecule has 1 spiro atoms. The SMILES string of the molecule is C=CC[C@H]1O[C@@H]2O[C@]3(C)CC[C@H]4[C@H](C)CC[C@@H]([C@H]1C)[C@@]24OO3. The second-order valence-corrected chi connectivity index (χ2v) is 7.97. The molecule has 2 bridgehead atoms. The van der Waals surface area contributed by atoms with Crippen molar-refractivity contribution in [2.75, 3.05) is 0 Å². The van der Waals surface area contributed by atoms with Crippen LogP contribution in [-0.2, 0) is 19.2 Å².